The summed E-state index contributed by atoms with van der Waals surface area (Å²) in [6.07, 6.45) is 8.80. The van der Waals surface area contributed by atoms with Crippen LogP contribution < -0.4 is 5.32 Å². The van der Waals surface area contributed by atoms with E-state index < -0.39 is 0 Å². The Bertz CT molecular complexity index is 638. The first-order valence-electron chi connectivity index (χ1n) is 5.55. The summed E-state index contributed by atoms with van der Waals surface area (Å²) in [6, 6.07) is 3.76. The number of thiol groups is 1. The maximum absolute atomic E-state index is 11.6. The van der Waals surface area contributed by atoms with Gasteiger partial charge in [-0.15, -0.1) is 12.6 Å². The van der Waals surface area contributed by atoms with E-state index in [1.807, 2.05) is 18.3 Å². The fourth-order valence-corrected chi connectivity index (χ4v) is 2.91. The van der Waals surface area contributed by atoms with Crippen LogP contribution in [0.25, 0.3) is 11.8 Å². The van der Waals surface area contributed by atoms with Crippen molar-refractivity contribution < 1.29 is 4.79 Å². The Labute approximate surface area is 119 Å². The first-order valence-corrected chi connectivity index (χ1v) is 6.94. The maximum Gasteiger partial charge on any atom is 0.259 e. The van der Waals surface area contributed by atoms with E-state index in [1.165, 1.54) is 11.8 Å². The average Bonchev–Trinajstić information content (AvgIpc) is 2.99. The number of carbonyl (C=O) groups excluding carboxylic acids is 1. The number of amides is 1. The van der Waals surface area contributed by atoms with Gasteiger partial charge in [-0.3, -0.25) is 9.78 Å². The van der Waals surface area contributed by atoms with Crippen LogP contribution in [-0.4, -0.2) is 25.4 Å². The van der Waals surface area contributed by atoms with Crippen molar-refractivity contribution in [2.24, 2.45) is 0 Å². The van der Waals surface area contributed by atoms with Crippen LogP contribution >= 0.6 is 24.4 Å². The number of hydrogen-bond acceptors (Lipinski definition) is 5. The van der Waals surface area contributed by atoms with Crippen LogP contribution in [0.3, 0.4) is 0 Å². The van der Waals surface area contributed by atoms with Crippen LogP contribution in [0.15, 0.2) is 41.8 Å². The van der Waals surface area contributed by atoms with Gasteiger partial charge in [0.05, 0.1) is 23.0 Å². The molecule has 5 nitrogen and oxygen atoms in total. The Balaban J connectivity index is 1.87. The fourth-order valence-electron chi connectivity index (χ4n) is 1.68. The lowest BCUT2D eigenvalue weighted by atomic mass is 10.3. The number of carbonyl (C=O) groups is 1. The van der Waals surface area contributed by atoms with Crippen LogP contribution in [0.5, 0.6) is 0 Å². The van der Waals surface area contributed by atoms with Crippen LogP contribution in [0.1, 0.15) is 5.56 Å². The van der Waals surface area contributed by atoms with Crippen LogP contribution in [-0.2, 0) is 4.79 Å². The summed E-state index contributed by atoms with van der Waals surface area (Å²) in [5.41, 5.74) is 1.74. The molecule has 3 rings (SSSR count). The molecule has 1 atom stereocenters. The zero-order chi connectivity index (χ0) is 13.2. The largest absolute Gasteiger partial charge is 0.331 e. The molecule has 19 heavy (non-hydrogen) atoms. The zero-order valence-electron chi connectivity index (χ0n) is 9.72. The number of nitrogens with zero attached hydrogens (tertiary/aromatic N) is 3. The molecule has 1 unspecified atom stereocenters. The van der Waals surface area contributed by atoms with Crippen molar-refractivity contribution in [1.29, 1.82) is 0 Å². The van der Waals surface area contributed by atoms with E-state index in [2.05, 4.69) is 28.0 Å². The summed E-state index contributed by atoms with van der Waals surface area (Å²) in [7, 11) is 0. The van der Waals surface area contributed by atoms with Gasteiger partial charge in [0.25, 0.3) is 5.91 Å². The molecule has 0 bridgehead atoms. The van der Waals surface area contributed by atoms with Gasteiger partial charge in [-0.05, 0) is 18.2 Å². The molecule has 3 heterocycles. The molecule has 1 aliphatic rings. The van der Waals surface area contributed by atoms with Crippen molar-refractivity contribution in [3.8, 4) is 5.69 Å². The third-order valence-corrected chi connectivity index (χ3v) is 3.87. The molecular formula is C12H10N4OS2. The molecular weight excluding hydrogens is 280 g/mol. The molecule has 96 valence electrons. The van der Waals surface area contributed by atoms with Crippen molar-refractivity contribution in [1.82, 2.24) is 20.1 Å². The minimum atomic E-state index is -0.174. The smallest absolute Gasteiger partial charge is 0.259 e. The van der Waals surface area contributed by atoms with Gasteiger partial charge in [0, 0.05) is 18.0 Å². The highest BCUT2D eigenvalue weighted by Crippen LogP contribution is 2.30. The van der Waals surface area contributed by atoms with Crippen LogP contribution in [0.4, 0.5) is 0 Å². The SMILES string of the molecule is O=C1NC(S)S/C1=C\c1cnn(-c2cccnc2)c1. The Kier molecular flexibility index (Phi) is 3.31. The van der Waals surface area contributed by atoms with Gasteiger partial charge < -0.3 is 5.32 Å². The van der Waals surface area contributed by atoms with Gasteiger partial charge in [-0.1, -0.05) is 11.8 Å². The molecule has 0 radical (unpaired) electrons. The van der Waals surface area contributed by atoms with Crippen molar-refractivity contribution in [2.75, 3.05) is 0 Å². The van der Waals surface area contributed by atoms with Gasteiger partial charge in [0.15, 0.2) is 0 Å². The second-order valence-electron chi connectivity index (χ2n) is 3.88. The molecule has 0 spiro atoms. The molecule has 1 amide bonds. The molecule has 1 N–H and O–H groups in total. The van der Waals surface area contributed by atoms with Crippen LogP contribution in [0.2, 0.25) is 0 Å². The number of hydrogen-bond donors (Lipinski definition) is 2. The number of thioether (sulfide) groups is 1. The van der Waals surface area contributed by atoms with E-state index in [0.29, 0.717) is 4.91 Å². The maximum atomic E-state index is 11.6. The van der Waals surface area contributed by atoms with Crippen LogP contribution in [0, 0.1) is 0 Å². The summed E-state index contributed by atoms with van der Waals surface area (Å²) in [4.78, 5) is 16.3. The minimum absolute atomic E-state index is 0.0980. The van der Waals surface area contributed by atoms with E-state index >= 15 is 0 Å². The first-order chi connectivity index (χ1) is 9.22. The Morgan fingerprint density at radius 2 is 2.37 bits per heavy atom. The summed E-state index contributed by atoms with van der Waals surface area (Å²) >= 11 is 5.59. The second-order valence-corrected chi connectivity index (χ2v) is 5.89. The third-order valence-electron chi connectivity index (χ3n) is 2.53. The molecule has 0 saturated carbocycles. The van der Waals surface area contributed by atoms with Gasteiger partial charge in [0.1, 0.15) is 4.71 Å². The normalized spacial score (nSPS) is 20.8. The monoisotopic (exact) mass is 290 g/mol. The fraction of sp³-hybridized carbons (Fsp3) is 0.0833. The summed E-state index contributed by atoms with van der Waals surface area (Å²) in [5, 5.41) is 6.95. The summed E-state index contributed by atoms with van der Waals surface area (Å²) in [6.45, 7) is 0. The summed E-state index contributed by atoms with van der Waals surface area (Å²) in [5.74, 6) is -0.0980. The van der Waals surface area contributed by atoms with Crippen molar-refractivity contribution >= 4 is 36.4 Å². The molecule has 0 aromatic carbocycles. The molecule has 1 fully saturated rings. The highest BCUT2D eigenvalue weighted by atomic mass is 32.2. The van der Waals surface area contributed by atoms with Crippen molar-refractivity contribution in [3.63, 3.8) is 0 Å². The topological polar surface area (TPSA) is 59.8 Å². The van der Waals surface area contributed by atoms with E-state index in [9.17, 15) is 4.79 Å². The standard InChI is InChI=1S/C12H10N4OS2/c17-11-10(19-12(18)15-11)4-8-5-14-16(7-8)9-2-1-3-13-6-9/h1-7,12,18H,(H,15,17)/b10-4-. The van der Waals surface area contributed by atoms with Gasteiger partial charge in [-0.25, -0.2) is 4.68 Å². The highest BCUT2D eigenvalue weighted by Gasteiger charge is 2.24. The quantitative estimate of drug-likeness (QED) is 0.652. The van der Waals surface area contributed by atoms with E-state index in [1.54, 1.807) is 29.3 Å². The molecule has 7 heteroatoms. The average molecular weight is 290 g/mol. The Hall–Kier alpha value is -1.73. The van der Waals surface area contributed by atoms with E-state index in [-0.39, 0.29) is 10.6 Å². The molecule has 2 aromatic heterocycles. The molecule has 0 aliphatic carbocycles. The zero-order valence-corrected chi connectivity index (χ0v) is 11.4. The van der Waals surface area contributed by atoms with Crippen molar-refractivity contribution in [3.05, 3.63) is 47.4 Å². The van der Waals surface area contributed by atoms with Gasteiger partial charge in [-0.2, -0.15) is 5.10 Å². The highest BCUT2D eigenvalue weighted by molar-refractivity contribution is 8.14. The first kappa shape index (κ1) is 12.3. The third kappa shape index (κ3) is 2.66. The number of aromatic nitrogens is 3. The lowest BCUT2D eigenvalue weighted by Crippen LogP contribution is -2.19. The Morgan fingerprint density at radius 1 is 1.47 bits per heavy atom. The molecule has 1 saturated heterocycles. The predicted molar refractivity (Wildman–Crippen MR) is 77.8 cm³/mol. The minimum Gasteiger partial charge on any atom is -0.331 e. The van der Waals surface area contributed by atoms with Crippen molar-refractivity contribution in [2.45, 2.75) is 4.71 Å². The molecule has 2 aromatic rings. The summed E-state index contributed by atoms with van der Waals surface area (Å²) < 4.78 is 1.54. The van der Waals surface area contributed by atoms with E-state index in [4.69, 9.17) is 0 Å². The molecule has 1 aliphatic heterocycles. The van der Waals surface area contributed by atoms with Gasteiger partial charge >= 0.3 is 0 Å². The van der Waals surface area contributed by atoms with Gasteiger partial charge in [0.2, 0.25) is 0 Å². The predicted octanol–water partition coefficient (Wildman–Crippen LogP) is 1.68. The number of pyridine rings is 1. The van der Waals surface area contributed by atoms with E-state index in [0.717, 1.165) is 11.3 Å². The Morgan fingerprint density at radius 3 is 3.05 bits per heavy atom. The second kappa shape index (κ2) is 5.10. The number of nitrogens with one attached hydrogen (secondary N) is 1. The lowest BCUT2D eigenvalue weighted by Gasteiger charge is -1.97. The lowest BCUT2D eigenvalue weighted by molar-refractivity contribution is -0.116. The number of rotatable bonds is 2.